The van der Waals surface area contributed by atoms with Crippen molar-refractivity contribution in [3.63, 3.8) is 0 Å². The first kappa shape index (κ1) is 14.1. The molecule has 5 heteroatoms. The van der Waals surface area contributed by atoms with Crippen LogP contribution >= 0.6 is 15.9 Å². The Bertz CT molecular complexity index is 628. The van der Waals surface area contributed by atoms with E-state index in [0.717, 1.165) is 16.1 Å². The van der Waals surface area contributed by atoms with Crippen molar-refractivity contribution < 1.29 is 13.2 Å². The molecule has 19 heavy (non-hydrogen) atoms. The lowest BCUT2D eigenvalue weighted by Crippen LogP contribution is -2.14. The molecule has 0 aliphatic rings. The molecule has 0 aromatic heterocycles. The summed E-state index contributed by atoms with van der Waals surface area (Å²) >= 11 is 3.35. The van der Waals surface area contributed by atoms with Gasteiger partial charge in [0.05, 0.1) is 6.04 Å². The molecule has 0 aliphatic heterocycles. The van der Waals surface area contributed by atoms with Crippen molar-refractivity contribution in [3.8, 4) is 0 Å². The lowest BCUT2D eigenvalue weighted by molar-refractivity contribution is 0.487. The quantitative estimate of drug-likeness (QED) is 0.820. The minimum absolute atomic E-state index is 0.0744. The molecule has 0 radical (unpaired) electrons. The zero-order valence-corrected chi connectivity index (χ0v) is 11.6. The first-order valence-corrected chi connectivity index (χ1v) is 6.35. The maximum absolute atomic E-state index is 13.6. The van der Waals surface area contributed by atoms with E-state index in [1.54, 1.807) is 12.1 Å². The minimum atomic E-state index is -1.22. The third kappa shape index (κ3) is 2.82. The second-order valence-corrected chi connectivity index (χ2v) is 5.13. The van der Waals surface area contributed by atoms with Gasteiger partial charge in [-0.25, -0.2) is 13.2 Å². The maximum Gasteiger partial charge on any atom is 0.161 e. The van der Waals surface area contributed by atoms with Crippen LogP contribution in [0.2, 0.25) is 0 Å². The van der Waals surface area contributed by atoms with Crippen LogP contribution in [0.4, 0.5) is 13.2 Å². The number of hydrogen-bond donors (Lipinski definition) is 1. The molecule has 0 heterocycles. The zero-order valence-electron chi connectivity index (χ0n) is 10.1. The predicted molar refractivity (Wildman–Crippen MR) is 71.2 cm³/mol. The fraction of sp³-hybridized carbons (Fsp3) is 0.143. The lowest BCUT2D eigenvalue weighted by Gasteiger charge is -2.15. The number of aryl methyl sites for hydroxylation is 1. The Balaban J connectivity index is 2.46. The third-order valence-corrected chi connectivity index (χ3v) is 3.78. The standard InChI is InChI=1S/C14H11BrF3N/c1-7-2-3-8(4-10(7)15)14(19)9-5-12(17)13(18)6-11(9)16/h2-6,14H,19H2,1H3. The third-order valence-electron chi connectivity index (χ3n) is 2.93. The van der Waals surface area contributed by atoms with Gasteiger partial charge >= 0.3 is 0 Å². The van der Waals surface area contributed by atoms with E-state index in [0.29, 0.717) is 11.6 Å². The lowest BCUT2D eigenvalue weighted by atomic mass is 9.98. The minimum Gasteiger partial charge on any atom is -0.320 e. The summed E-state index contributed by atoms with van der Waals surface area (Å²) in [5, 5.41) is 0. The average molecular weight is 330 g/mol. The first-order chi connectivity index (χ1) is 8.90. The van der Waals surface area contributed by atoms with E-state index in [1.165, 1.54) is 0 Å². The number of nitrogens with two attached hydrogens (primary N) is 1. The fourth-order valence-electron chi connectivity index (χ4n) is 1.76. The van der Waals surface area contributed by atoms with Gasteiger partial charge in [0.15, 0.2) is 11.6 Å². The van der Waals surface area contributed by atoms with Crippen LogP contribution in [0.15, 0.2) is 34.8 Å². The highest BCUT2D eigenvalue weighted by Gasteiger charge is 2.17. The van der Waals surface area contributed by atoms with Gasteiger partial charge in [0.1, 0.15) is 5.82 Å². The van der Waals surface area contributed by atoms with Crippen molar-refractivity contribution in [2.75, 3.05) is 0 Å². The summed E-state index contributed by atoms with van der Waals surface area (Å²) in [6.45, 7) is 1.90. The monoisotopic (exact) mass is 329 g/mol. The topological polar surface area (TPSA) is 26.0 Å². The molecule has 0 saturated heterocycles. The number of halogens is 4. The van der Waals surface area contributed by atoms with Crippen molar-refractivity contribution in [2.45, 2.75) is 13.0 Å². The van der Waals surface area contributed by atoms with Crippen LogP contribution in [0.5, 0.6) is 0 Å². The van der Waals surface area contributed by atoms with Gasteiger partial charge in [-0.15, -0.1) is 0 Å². The summed E-state index contributed by atoms with van der Waals surface area (Å²) in [5.74, 6) is -3.19. The molecule has 0 aliphatic carbocycles. The molecule has 1 atom stereocenters. The van der Waals surface area contributed by atoms with Crippen LogP contribution in [0, 0.1) is 24.4 Å². The van der Waals surface area contributed by atoms with Gasteiger partial charge in [0.2, 0.25) is 0 Å². The second kappa shape index (κ2) is 5.35. The summed E-state index contributed by atoms with van der Waals surface area (Å²) < 4.78 is 40.5. The molecule has 100 valence electrons. The number of hydrogen-bond acceptors (Lipinski definition) is 1. The van der Waals surface area contributed by atoms with Crippen molar-refractivity contribution in [1.29, 1.82) is 0 Å². The maximum atomic E-state index is 13.6. The SMILES string of the molecule is Cc1ccc(C(N)c2cc(F)c(F)cc2F)cc1Br. The Morgan fingerprint density at radius 1 is 1.00 bits per heavy atom. The van der Waals surface area contributed by atoms with E-state index in [2.05, 4.69) is 15.9 Å². The molecule has 0 bridgehead atoms. The molecule has 2 aromatic carbocycles. The largest absolute Gasteiger partial charge is 0.320 e. The Hall–Kier alpha value is -1.33. The normalized spacial score (nSPS) is 12.5. The van der Waals surface area contributed by atoms with Gasteiger partial charge in [-0.05, 0) is 30.2 Å². The van der Waals surface area contributed by atoms with Gasteiger partial charge in [-0.1, -0.05) is 28.1 Å². The molecule has 0 fully saturated rings. The fourth-order valence-corrected chi connectivity index (χ4v) is 2.15. The molecular formula is C14H11BrF3N. The van der Waals surface area contributed by atoms with Crippen molar-refractivity contribution in [1.82, 2.24) is 0 Å². The van der Waals surface area contributed by atoms with Crippen molar-refractivity contribution in [3.05, 3.63) is 68.9 Å². The van der Waals surface area contributed by atoms with Crippen LogP contribution in [-0.2, 0) is 0 Å². The Kier molecular flexibility index (Phi) is 3.96. The Morgan fingerprint density at radius 3 is 2.26 bits per heavy atom. The number of benzene rings is 2. The van der Waals surface area contributed by atoms with Crippen molar-refractivity contribution >= 4 is 15.9 Å². The highest BCUT2D eigenvalue weighted by molar-refractivity contribution is 9.10. The van der Waals surface area contributed by atoms with Crippen molar-refractivity contribution in [2.24, 2.45) is 5.73 Å². The van der Waals surface area contributed by atoms with E-state index in [1.807, 2.05) is 13.0 Å². The Morgan fingerprint density at radius 2 is 1.63 bits per heavy atom. The Labute approximate surface area is 117 Å². The van der Waals surface area contributed by atoms with E-state index >= 15 is 0 Å². The van der Waals surface area contributed by atoms with Gasteiger partial charge in [-0.3, -0.25) is 0 Å². The highest BCUT2D eigenvalue weighted by atomic mass is 79.9. The first-order valence-electron chi connectivity index (χ1n) is 5.56. The van der Waals surface area contributed by atoms with Gasteiger partial charge in [-0.2, -0.15) is 0 Å². The second-order valence-electron chi connectivity index (χ2n) is 4.27. The summed E-state index contributed by atoms with van der Waals surface area (Å²) in [6, 6.07) is 5.73. The van der Waals surface area contributed by atoms with E-state index in [-0.39, 0.29) is 5.56 Å². The smallest absolute Gasteiger partial charge is 0.161 e. The number of rotatable bonds is 2. The van der Waals surface area contributed by atoms with Crippen LogP contribution in [-0.4, -0.2) is 0 Å². The van der Waals surface area contributed by atoms with Crippen LogP contribution in [0.1, 0.15) is 22.7 Å². The summed E-state index contributed by atoms with van der Waals surface area (Å²) in [4.78, 5) is 0. The van der Waals surface area contributed by atoms with Crippen LogP contribution in [0.25, 0.3) is 0 Å². The molecule has 2 aromatic rings. The van der Waals surface area contributed by atoms with E-state index in [4.69, 9.17) is 5.73 Å². The molecule has 2 N–H and O–H groups in total. The molecule has 0 spiro atoms. The summed E-state index contributed by atoms with van der Waals surface area (Å²) in [6.07, 6.45) is 0. The summed E-state index contributed by atoms with van der Waals surface area (Å²) in [7, 11) is 0. The van der Waals surface area contributed by atoms with Crippen LogP contribution in [0.3, 0.4) is 0 Å². The van der Waals surface area contributed by atoms with E-state index < -0.39 is 23.5 Å². The molecule has 0 saturated carbocycles. The van der Waals surface area contributed by atoms with Gasteiger partial charge in [0.25, 0.3) is 0 Å². The average Bonchev–Trinajstić information content (AvgIpc) is 2.36. The van der Waals surface area contributed by atoms with Gasteiger partial charge < -0.3 is 5.73 Å². The summed E-state index contributed by atoms with van der Waals surface area (Å²) in [5.41, 5.74) is 7.45. The van der Waals surface area contributed by atoms with Crippen LogP contribution < -0.4 is 5.73 Å². The highest BCUT2D eigenvalue weighted by Crippen LogP contribution is 2.27. The molecule has 1 unspecified atom stereocenters. The molecule has 2 rings (SSSR count). The molecular weight excluding hydrogens is 319 g/mol. The zero-order chi connectivity index (χ0) is 14.2. The van der Waals surface area contributed by atoms with Gasteiger partial charge in [0, 0.05) is 16.1 Å². The predicted octanol–water partition coefficient (Wildman–Crippen LogP) is 4.22. The van der Waals surface area contributed by atoms with E-state index in [9.17, 15) is 13.2 Å². The molecule has 1 nitrogen and oxygen atoms in total. The molecule has 0 amide bonds.